The molecule has 100 valence electrons. The molecule has 1 N–H and O–H groups in total. The minimum absolute atomic E-state index is 0.449. The van der Waals surface area contributed by atoms with E-state index in [-0.39, 0.29) is 0 Å². The first-order chi connectivity index (χ1) is 8.95. The van der Waals surface area contributed by atoms with Crippen LogP contribution in [0.15, 0.2) is 47.1 Å². The zero-order valence-electron chi connectivity index (χ0n) is 9.71. The van der Waals surface area contributed by atoms with Gasteiger partial charge >= 0.3 is 6.18 Å². The topological polar surface area (TPSA) is 24.9 Å². The Balaban J connectivity index is 2.01. The summed E-state index contributed by atoms with van der Waals surface area (Å²) in [7, 11) is 0. The second-order valence-corrected chi connectivity index (χ2v) is 4.69. The Morgan fingerprint density at radius 2 is 1.74 bits per heavy atom. The van der Waals surface area contributed by atoms with Crippen molar-refractivity contribution in [1.29, 1.82) is 0 Å². The van der Waals surface area contributed by atoms with Crippen LogP contribution in [0.1, 0.15) is 11.3 Å². The molecule has 0 spiro atoms. The zero-order chi connectivity index (χ0) is 13.9. The van der Waals surface area contributed by atoms with Gasteiger partial charge in [-0.1, -0.05) is 6.07 Å². The number of alkyl halides is 3. The van der Waals surface area contributed by atoms with E-state index in [0.29, 0.717) is 12.2 Å². The van der Waals surface area contributed by atoms with Crippen molar-refractivity contribution in [1.82, 2.24) is 4.98 Å². The molecular formula is C13H10BrF3N2. The van der Waals surface area contributed by atoms with Crippen molar-refractivity contribution in [2.24, 2.45) is 0 Å². The van der Waals surface area contributed by atoms with Gasteiger partial charge in [0.1, 0.15) is 4.60 Å². The standard InChI is InChI=1S/C13H10BrF3N2/c14-12-3-1-2-11(19-12)8-18-10-6-4-9(5-7-10)13(15,16)17/h1-7,18H,8H2. The molecule has 0 aliphatic carbocycles. The van der Waals surface area contributed by atoms with Gasteiger partial charge in [0.05, 0.1) is 17.8 Å². The fraction of sp³-hybridized carbons (Fsp3) is 0.154. The number of pyridine rings is 1. The van der Waals surface area contributed by atoms with Gasteiger partial charge in [0.15, 0.2) is 0 Å². The number of nitrogens with one attached hydrogen (secondary N) is 1. The van der Waals surface area contributed by atoms with Crippen molar-refractivity contribution >= 4 is 21.6 Å². The van der Waals surface area contributed by atoms with Crippen molar-refractivity contribution in [3.8, 4) is 0 Å². The van der Waals surface area contributed by atoms with Gasteiger partial charge in [0.25, 0.3) is 0 Å². The summed E-state index contributed by atoms with van der Waals surface area (Å²) in [4.78, 5) is 4.22. The highest BCUT2D eigenvalue weighted by Gasteiger charge is 2.29. The number of hydrogen-bond donors (Lipinski definition) is 1. The largest absolute Gasteiger partial charge is 0.416 e. The van der Waals surface area contributed by atoms with Crippen LogP contribution in [0.2, 0.25) is 0 Å². The monoisotopic (exact) mass is 330 g/mol. The normalized spacial score (nSPS) is 11.4. The van der Waals surface area contributed by atoms with Crippen LogP contribution in [-0.2, 0) is 12.7 Å². The molecule has 6 heteroatoms. The number of halogens is 4. The smallest absolute Gasteiger partial charge is 0.379 e. The van der Waals surface area contributed by atoms with E-state index < -0.39 is 11.7 Å². The number of hydrogen-bond acceptors (Lipinski definition) is 2. The first-order valence-corrected chi connectivity index (χ1v) is 6.27. The molecule has 2 rings (SSSR count). The van der Waals surface area contributed by atoms with E-state index in [2.05, 4.69) is 26.2 Å². The Hall–Kier alpha value is -1.56. The molecule has 19 heavy (non-hydrogen) atoms. The van der Waals surface area contributed by atoms with Crippen LogP contribution in [0.3, 0.4) is 0 Å². The first-order valence-electron chi connectivity index (χ1n) is 5.48. The van der Waals surface area contributed by atoms with Crippen LogP contribution in [0.4, 0.5) is 18.9 Å². The molecule has 1 aromatic heterocycles. The van der Waals surface area contributed by atoms with Crippen molar-refractivity contribution < 1.29 is 13.2 Å². The molecule has 0 bridgehead atoms. The predicted octanol–water partition coefficient (Wildman–Crippen LogP) is 4.48. The Kier molecular flexibility index (Phi) is 4.09. The number of aromatic nitrogens is 1. The third kappa shape index (κ3) is 3.96. The van der Waals surface area contributed by atoms with E-state index in [0.717, 1.165) is 22.4 Å². The molecule has 0 fully saturated rings. The van der Waals surface area contributed by atoms with E-state index in [1.165, 1.54) is 12.1 Å². The van der Waals surface area contributed by atoms with Crippen LogP contribution in [0.25, 0.3) is 0 Å². The number of rotatable bonds is 3. The van der Waals surface area contributed by atoms with Crippen molar-refractivity contribution in [3.05, 3.63) is 58.3 Å². The van der Waals surface area contributed by atoms with Crippen molar-refractivity contribution in [2.45, 2.75) is 12.7 Å². The molecule has 0 saturated carbocycles. The van der Waals surface area contributed by atoms with Crippen LogP contribution in [-0.4, -0.2) is 4.98 Å². The minimum atomic E-state index is -4.30. The van der Waals surface area contributed by atoms with E-state index >= 15 is 0 Å². The molecular weight excluding hydrogens is 321 g/mol. The van der Waals surface area contributed by atoms with Crippen molar-refractivity contribution in [3.63, 3.8) is 0 Å². The van der Waals surface area contributed by atoms with Gasteiger partial charge in [0.2, 0.25) is 0 Å². The fourth-order valence-electron chi connectivity index (χ4n) is 1.52. The van der Waals surface area contributed by atoms with Gasteiger partial charge < -0.3 is 5.32 Å². The van der Waals surface area contributed by atoms with E-state index in [1.807, 2.05) is 18.2 Å². The fourth-order valence-corrected chi connectivity index (χ4v) is 1.90. The highest BCUT2D eigenvalue weighted by Crippen LogP contribution is 2.29. The summed E-state index contributed by atoms with van der Waals surface area (Å²) in [6, 6.07) is 10.4. The summed E-state index contributed by atoms with van der Waals surface area (Å²) >= 11 is 3.26. The van der Waals surface area contributed by atoms with Gasteiger partial charge in [-0.25, -0.2) is 4.98 Å². The lowest BCUT2D eigenvalue weighted by atomic mass is 10.2. The molecule has 0 amide bonds. The lowest BCUT2D eigenvalue weighted by Crippen LogP contribution is -2.05. The van der Waals surface area contributed by atoms with E-state index in [9.17, 15) is 13.2 Å². The molecule has 2 nitrogen and oxygen atoms in total. The van der Waals surface area contributed by atoms with Gasteiger partial charge in [-0.15, -0.1) is 0 Å². The first kappa shape index (κ1) is 13.9. The summed E-state index contributed by atoms with van der Waals surface area (Å²) < 4.78 is 37.9. The average molecular weight is 331 g/mol. The summed E-state index contributed by atoms with van der Waals surface area (Å²) in [6.45, 7) is 0.449. The van der Waals surface area contributed by atoms with E-state index in [1.54, 1.807) is 0 Å². The summed E-state index contributed by atoms with van der Waals surface area (Å²) in [5, 5.41) is 3.02. The second-order valence-electron chi connectivity index (χ2n) is 3.88. The molecule has 1 heterocycles. The third-order valence-corrected chi connectivity index (χ3v) is 2.90. The van der Waals surface area contributed by atoms with Crippen LogP contribution < -0.4 is 5.32 Å². The van der Waals surface area contributed by atoms with Gasteiger partial charge in [-0.2, -0.15) is 13.2 Å². The van der Waals surface area contributed by atoms with E-state index in [4.69, 9.17) is 0 Å². The van der Waals surface area contributed by atoms with Crippen LogP contribution in [0, 0.1) is 0 Å². The predicted molar refractivity (Wildman–Crippen MR) is 70.7 cm³/mol. The number of anilines is 1. The number of benzene rings is 1. The number of nitrogens with zero attached hydrogens (tertiary/aromatic N) is 1. The molecule has 0 radical (unpaired) electrons. The minimum Gasteiger partial charge on any atom is -0.379 e. The maximum atomic E-state index is 12.4. The highest BCUT2D eigenvalue weighted by molar-refractivity contribution is 9.10. The SMILES string of the molecule is FC(F)(F)c1ccc(NCc2cccc(Br)n2)cc1. The molecule has 0 atom stereocenters. The average Bonchev–Trinajstić information content (AvgIpc) is 2.36. The van der Waals surface area contributed by atoms with Gasteiger partial charge in [-0.3, -0.25) is 0 Å². The van der Waals surface area contributed by atoms with Gasteiger partial charge in [0, 0.05) is 5.69 Å². The van der Waals surface area contributed by atoms with Crippen LogP contribution in [0.5, 0.6) is 0 Å². The second kappa shape index (κ2) is 5.61. The molecule has 1 aromatic carbocycles. The zero-order valence-corrected chi connectivity index (χ0v) is 11.3. The Bertz CT molecular complexity index is 553. The molecule has 0 saturated heterocycles. The molecule has 0 aliphatic rings. The summed E-state index contributed by atoms with van der Waals surface area (Å²) in [5.74, 6) is 0. The highest BCUT2D eigenvalue weighted by atomic mass is 79.9. The maximum absolute atomic E-state index is 12.4. The Morgan fingerprint density at radius 1 is 1.05 bits per heavy atom. The quantitative estimate of drug-likeness (QED) is 0.839. The molecule has 2 aromatic rings. The maximum Gasteiger partial charge on any atom is 0.416 e. The third-order valence-electron chi connectivity index (χ3n) is 2.46. The molecule has 0 aliphatic heterocycles. The van der Waals surface area contributed by atoms with Crippen molar-refractivity contribution in [2.75, 3.05) is 5.32 Å². The Morgan fingerprint density at radius 3 is 2.32 bits per heavy atom. The lowest BCUT2D eigenvalue weighted by Gasteiger charge is -2.09. The Labute approximate surface area is 116 Å². The molecule has 0 unspecified atom stereocenters. The summed E-state index contributed by atoms with van der Waals surface area (Å²) in [6.07, 6.45) is -4.30. The van der Waals surface area contributed by atoms with Crippen LogP contribution >= 0.6 is 15.9 Å². The summed E-state index contributed by atoms with van der Waals surface area (Å²) in [5.41, 5.74) is 0.766. The lowest BCUT2D eigenvalue weighted by molar-refractivity contribution is -0.137. The van der Waals surface area contributed by atoms with Gasteiger partial charge in [-0.05, 0) is 52.3 Å².